The summed E-state index contributed by atoms with van der Waals surface area (Å²) in [4.78, 5) is 36.7. The predicted octanol–water partition coefficient (Wildman–Crippen LogP) is 0.340. The molecule has 0 radical (unpaired) electrons. The zero-order valence-electron chi connectivity index (χ0n) is 11.3. The summed E-state index contributed by atoms with van der Waals surface area (Å²) in [5.74, 6) is -0.245. The van der Waals surface area contributed by atoms with Crippen molar-refractivity contribution >= 4 is 5.91 Å². The van der Waals surface area contributed by atoms with Gasteiger partial charge in [-0.05, 0) is 24.0 Å². The van der Waals surface area contributed by atoms with Crippen LogP contribution >= 0.6 is 0 Å². The van der Waals surface area contributed by atoms with Gasteiger partial charge in [-0.1, -0.05) is 24.3 Å². The molecule has 1 aliphatic carbocycles. The van der Waals surface area contributed by atoms with Gasteiger partial charge >= 0.3 is 5.69 Å². The lowest BCUT2D eigenvalue weighted by molar-refractivity contribution is -0.122. The SMILES string of the molecule is O=C(Cn1ccc(=O)[nH]c1=O)NC1CCc2ccccc21. The average Bonchev–Trinajstić information content (AvgIpc) is 2.85. The summed E-state index contributed by atoms with van der Waals surface area (Å²) in [7, 11) is 0. The Morgan fingerprint density at radius 1 is 1.29 bits per heavy atom. The fourth-order valence-corrected chi connectivity index (χ4v) is 2.67. The third-order valence-corrected chi connectivity index (χ3v) is 3.68. The van der Waals surface area contributed by atoms with Crippen LogP contribution in [0.1, 0.15) is 23.6 Å². The Hall–Kier alpha value is -2.63. The van der Waals surface area contributed by atoms with Crippen LogP contribution in [-0.4, -0.2) is 15.5 Å². The van der Waals surface area contributed by atoms with E-state index in [0.29, 0.717) is 0 Å². The molecule has 1 amide bonds. The number of nitrogens with zero attached hydrogens (tertiary/aromatic N) is 1. The maximum Gasteiger partial charge on any atom is 0.328 e. The summed E-state index contributed by atoms with van der Waals surface area (Å²) in [6.07, 6.45) is 3.13. The van der Waals surface area contributed by atoms with Crippen LogP contribution in [0.15, 0.2) is 46.1 Å². The third-order valence-electron chi connectivity index (χ3n) is 3.68. The minimum absolute atomic E-state index is 0.00726. The lowest BCUT2D eigenvalue weighted by Crippen LogP contribution is -2.36. The normalized spacial score (nSPS) is 16.5. The van der Waals surface area contributed by atoms with E-state index in [1.165, 1.54) is 22.4 Å². The Kier molecular flexibility index (Phi) is 3.43. The Bertz CT molecular complexity index is 791. The largest absolute Gasteiger partial charge is 0.348 e. The molecule has 0 fully saturated rings. The van der Waals surface area contributed by atoms with Gasteiger partial charge in [-0.25, -0.2) is 4.79 Å². The van der Waals surface area contributed by atoms with E-state index in [9.17, 15) is 14.4 Å². The van der Waals surface area contributed by atoms with Gasteiger partial charge < -0.3 is 5.32 Å². The smallest absolute Gasteiger partial charge is 0.328 e. The van der Waals surface area contributed by atoms with Gasteiger partial charge in [0.2, 0.25) is 5.91 Å². The van der Waals surface area contributed by atoms with Crippen molar-refractivity contribution in [3.8, 4) is 0 Å². The van der Waals surface area contributed by atoms with Crippen LogP contribution < -0.4 is 16.6 Å². The molecule has 21 heavy (non-hydrogen) atoms. The van der Waals surface area contributed by atoms with Gasteiger partial charge in [-0.3, -0.25) is 19.1 Å². The number of carbonyl (C=O) groups excluding carboxylic acids is 1. The second-order valence-corrected chi connectivity index (χ2v) is 5.10. The van der Waals surface area contributed by atoms with E-state index in [1.807, 2.05) is 18.2 Å². The highest BCUT2D eigenvalue weighted by molar-refractivity contribution is 5.76. The molecule has 0 aliphatic heterocycles. The number of hydrogen-bond acceptors (Lipinski definition) is 3. The average molecular weight is 285 g/mol. The molecule has 1 unspecified atom stereocenters. The number of rotatable bonds is 3. The van der Waals surface area contributed by atoms with Crippen LogP contribution in [0.25, 0.3) is 0 Å². The Morgan fingerprint density at radius 2 is 2.10 bits per heavy atom. The van der Waals surface area contributed by atoms with Crippen molar-refractivity contribution in [1.82, 2.24) is 14.9 Å². The summed E-state index contributed by atoms with van der Waals surface area (Å²) >= 11 is 0. The van der Waals surface area contributed by atoms with Crippen molar-refractivity contribution in [2.24, 2.45) is 0 Å². The van der Waals surface area contributed by atoms with Crippen LogP contribution in [0.3, 0.4) is 0 Å². The number of H-pyrrole nitrogens is 1. The number of nitrogens with one attached hydrogen (secondary N) is 2. The summed E-state index contributed by atoms with van der Waals surface area (Å²) in [5.41, 5.74) is 1.34. The highest BCUT2D eigenvalue weighted by atomic mass is 16.2. The molecule has 0 spiro atoms. The maximum atomic E-state index is 12.1. The van der Waals surface area contributed by atoms with E-state index >= 15 is 0 Å². The van der Waals surface area contributed by atoms with Crippen LogP contribution in [0.4, 0.5) is 0 Å². The zero-order valence-corrected chi connectivity index (χ0v) is 11.3. The summed E-state index contributed by atoms with van der Waals surface area (Å²) in [6.45, 7) is -0.103. The summed E-state index contributed by atoms with van der Waals surface area (Å²) < 4.78 is 1.18. The zero-order chi connectivity index (χ0) is 14.8. The van der Waals surface area contributed by atoms with E-state index in [2.05, 4.69) is 16.4 Å². The van der Waals surface area contributed by atoms with Crippen molar-refractivity contribution in [3.05, 3.63) is 68.5 Å². The minimum Gasteiger partial charge on any atom is -0.348 e. The molecule has 1 atom stereocenters. The second kappa shape index (κ2) is 5.40. The molecule has 1 heterocycles. The first-order valence-electron chi connectivity index (χ1n) is 6.80. The van der Waals surface area contributed by atoms with Gasteiger partial charge in [-0.2, -0.15) is 0 Å². The second-order valence-electron chi connectivity index (χ2n) is 5.10. The van der Waals surface area contributed by atoms with Crippen LogP contribution in [0.2, 0.25) is 0 Å². The van der Waals surface area contributed by atoms with Crippen molar-refractivity contribution in [2.75, 3.05) is 0 Å². The van der Waals surface area contributed by atoms with Crippen molar-refractivity contribution in [2.45, 2.75) is 25.4 Å². The molecule has 6 heteroatoms. The fourth-order valence-electron chi connectivity index (χ4n) is 2.67. The molecule has 2 N–H and O–H groups in total. The van der Waals surface area contributed by atoms with Gasteiger partial charge in [0.1, 0.15) is 6.54 Å². The van der Waals surface area contributed by atoms with Crippen LogP contribution in [0.5, 0.6) is 0 Å². The predicted molar refractivity (Wildman–Crippen MR) is 77.0 cm³/mol. The molecular weight excluding hydrogens is 270 g/mol. The molecule has 0 saturated heterocycles. The number of amides is 1. The maximum absolute atomic E-state index is 12.1. The van der Waals surface area contributed by atoms with Crippen molar-refractivity contribution in [3.63, 3.8) is 0 Å². The molecule has 1 aromatic carbocycles. The molecule has 108 valence electrons. The van der Waals surface area contributed by atoms with Gasteiger partial charge in [-0.15, -0.1) is 0 Å². The molecule has 2 aromatic rings. The number of aromatic amines is 1. The lowest BCUT2D eigenvalue weighted by Gasteiger charge is -2.14. The quantitative estimate of drug-likeness (QED) is 0.853. The Morgan fingerprint density at radius 3 is 2.90 bits per heavy atom. The first-order valence-corrected chi connectivity index (χ1v) is 6.80. The third kappa shape index (κ3) is 2.79. The molecule has 3 rings (SSSR count). The molecule has 6 nitrogen and oxygen atoms in total. The van der Waals surface area contributed by atoms with E-state index < -0.39 is 11.2 Å². The van der Waals surface area contributed by atoms with Gasteiger partial charge in [0.05, 0.1) is 6.04 Å². The van der Waals surface area contributed by atoms with E-state index in [-0.39, 0.29) is 18.5 Å². The van der Waals surface area contributed by atoms with Gasteiger partial charge in [0, 0.05) is 12.3 Å². The number of aryl methyl sites for hydroxylation is 1. The van der Waals surface area contributed by atoms with Gasteiger partial charge in [0.15, 0.2) is 0 Å². The fraction of sp³-hybridized carbons (Fsp3) is 0.267. The monoisotopic (exact) mass is 285 g/mol. The van der Waals surface area contributed by atoms with E-state index in [0.717, 1.165) is 18.4 Å². The highest BCUT2D eigenvalue weighted by Gasteiger charge is 2.23. The van der Waals surface area contributed by atoms with Crippen molar-refractivity contribution in [1.29, 1.82) is 0 Å². The Balaban J connectivity index is 1.71. The van der Waals surface area contributed by atoms with E-state index in [4.69, 9.17) is 0 Å². The standard InChI is InChI=1S/C15H15N3O3/c19-13-7-8-18(15(21)17-13)9-14(20)16-12-6-5-10-3-1-2-4-11(10)12/h1-4,7-8,12H,5-6,9H2,(H,16,20)(H,17,19,21). The molecule has 1 aliphatic rings. The van der Waals surface area contributed by atoms with Crippen LogP contribution in [0, 0.1) is 0 Å². The first kappa shape index (κ1) is 13.4. The van der Waals surface area contributed by atoms with Crippen molar-refractivity contribution < 1.29 is 4.79 Å². The number of fused-ring (bicyclic) bond motifs is 1. The molecule has 0 bridgehead atoms. The summed E-state index contributed by atoms with van der Waals surface area (Å²) in [5, 5.41) is 2.93. The molecular formula is C15H15N3O3. The molecule has 0 saturated carbocycles. The molecule has 1 aromatic heterocycles. The topological polar surface area (TPSA) is 84.0 Å². The number of carbonyl (C=O) groups is 1. The first-order chi connectivity index (χ1) is 10.1. The number of hydrogen-bond donors (Lipinski definition) is 2. The van der Waals surface area contributed by atoms with Crippen LogP contribution in [-0.2, 0) is 17.8 Å². The number of aromatic nitrogens is 2. The Labute approximate surface area is 120 Å². The van der Waals surface area contributed by atoms with E-state index in [1.54, 1.807) is 0 Å². The highest BCUT2D eigenvalue weighted by Crippen LogP contribution is 2.30. The minimum atomic E-state index is -0.579. The number of benzene rings is 1. The van der Waals surface area contributed by atoms with Gasteiger partial charge in [0.25, 0.3) is 5.56 Å². The lowest BCUT2D eigenvalue weighted by atomic mass is 10.1. The summed E-state index contributed by atoms with van der Waals surface area (Å²) in [6, 6.07) is 9.23.